The number of sulfone groups is 1. The van der Waals surface area contributed by atoms with Gasteiger partial charge in [0, 0.05) is 37.1 Å². The van der Waals surface area contributed by atoms with Gasteiger partial charge in [0.1, 0.15) is 15.6 Å². The van der Waals surface area contributed by atoms with E-state index in [1.165, 1.54) is 0 Å². The predicted octanol–water partition coefficient (Wildman–Crippen LogP) is 4.27. The molecule has 1 fully saturated rings. The first-order valence-electron chi connectivity index (χ1n) is 12.6. The van der Waals surface area contributed by atoms with Gasteiger partial charge in [0.15, 0.2) is 5.49 Å². The third kappa shape index (κ3) is 7.95. The highest BCUT2D eigenvalue weighted by molar-refractivity contribution is 7.90. The number of alkyl halides is 3. The molecule has 0 bridgehead atoms. The zero-order valence-corrected chi connectivity index (χ0v) is 23.3. The molecular weight excluding hydrogens is 523 g/mol. The van der Waals surface area contributed by atoms with Gasteiger partial charge in [-0.05, 0) is 43.9 Å². The molecule has 0 unspecified atom stereocenters. The Labute approximate surface area is 221 Å². The summed E-state index contributed by atoms with van der Waals surface area (Å²) in [4.78, 5) is 17.6. The SMILES string of the molecule is Cn1c(C(C)(C)C)cc(=NC(=O)c2cc(C(F)(F)F)ccc2OCCCCS(C)(=O)=O)n1C[C@H]1CCCO1. The van der Waals surface area contributed by atoms with Crippen molar-refractivity contribution in [3.63, 3.8) is 0 Å². The van der Waals surface area contributed by atoms with E-state index in [0.29, 0.717) is 31.5 Å². The molecule has 38 heavy (non-hydrogen) atoms. The van der Waals surface area contributed by atoms with Gasteiger partial charge in [-0.25, -0.2) is 8.42 Å². The summed E-state index contributed by atoms with van der Waals surface area (Å²) in [6.45, 7) is 7.21. The van der Waals surface area contributed by atoms with Gasteiger partial charge in [0.2, 0.25) is 0 Å². The summed E-state index contributed by atoms with van der Waals surface area (Å²) in [5.41, 5.74) is -0.368. The van der Waals surface area contributed by atoms with Crippen molar-refractivity contribution in [2.75, 3.05) is 25.2 Å². The van der Waals surface area contributed by atoms with Crippen molar-refractivity contribution in [3.8, 4) is 5.75 Å². The molecule has 1 aliphatic rings. The van der Waals surface area contributed by atoms with Crippen LogP contribution in [-0.4, -0.2) is 55.0 Å². The number of ether oxygens (including phenoxy) is 2. The standard InChI is InChI=1S/C26H36F3N3O5S/c1-25(2,3)22-16-23(32(31(22)4)17-19-9-8-13-36-19)30-24(33)20-15-18(26(27,28)29)10-11-21(20)37-12-6-7-14-38(5,34)35/h10-11,15-16,19H,6-9,12-14,17H2,1-5H3/t19-/m1/s1. The van der Waals surface area contributed by atoms with Crippen LogP contribution in [0.15, 0.2) is 29.3 Å². The number of hydrogen-bond donors (Lipinski definition) is 0. The Morgan fingerprint density at radius 2 is 1.89 bits per heavy atom. The average molecular weight is 560 g/mol. The van der Waals surface area contributed by atoms with Crippen molar-refractivity contribution in [2.24, 2.45) is 12.0 Å². The van der Waals surface area contributed by atoms with Crippen molar-refractivity contribution in [3.05, 3.63) is 46.6 Å². The first-order valence-corrected chi connectivity index (χ1v) is 14.6. The van der Waals surface area contributed by atoms with Gasteiger partial charge in [-0.2, -0.15) is 18.2 Å². The van der Waals surface area contributed by atoms with E-state index in [9.17, 15) is 26.4 Å². The fourth-order valence-electron chi connectivity index (χ4n) is 4.38. The van der Waals surface area contributed by atoms with E-state index in [2.05, 4.69) is 4.99 Å². The highest BCUT2D eigenvalue weighted by Crippen LogP contribution is 2.33. The topological polar surface area (TPSA) is 91.9 Å². The number of carbonyl (C=O) groups is 1. The lowest BCUT2D eigenvalue weighted by molar-refractivity contribution is -0.137. The van der Waals surface area contributed by atoms with Crippen molar-refractivity contribution in [1.29, 1.82) is 0 Å². The third-order valence-corrected chi connectivity index (χ3v) is 7.36. The maximum Gasteiger partial charge on any atom is 0.416 e. The molecule has 1 aromatic heterocycles. The number of halogens is 3. The average Bonchev–Trinajstić information content (AvgIpc) is 3.41. The molecule has 2 heterocycles. The summed E-state index contributed by atoms with van der Waals surface area (Å²) in [5.74, 6) is -0.933. The molecule has 0 spiro atoms. The number of aromatic nitrogens is 2. The number of amides is 1. The van der Waals surface area contributed by atoms with Crippen LogP contribution in [-0.2, 0) is 39.8 Å². The molecule has 12 heteroatoms. The number of nitrogens with zero attached hydrogens (tertiary/aromatic N) is 3. The van der Waals surface area contributed by atoms with Crippen LogP contribution in [0.4, 0.5) is 13.2 Å². The van der Waals surface area contributed by atoms with Gasteiger partial charge < -0.3 is 9.47 Å². The lowest BCUT2D eigenvalue weighted by Crippen LogP contribution is -2.30. The fraction of sp³-hybridized carbons (Fsp3) is 0.615. The Morgan fingerprint density at radius 1 is 1.18 bits per heavy atom. The Kier molecular flexibility index (Phi) is 9.18. The first-order chi connectivity index (χ1) is 17.6. The van der Waals surface area contributed by atoms with Gasteiger partial charge in [0.05, 0.1) is 36.1 Å². The number of carbonyl (C=O) groups excluding carboxylic acids is 1. The van der Waals surface area contributed by atoms with Crippen molar-refractivity contribution in [2.45, 2.75) is 70.7 Å². The summed E-state index contributed by atoms with van der Waals surface area (Å²) < 4.78 is 78.2. The molecule has 212 valence electrons. The molecule has 1 atom stereocenters. The molecule has 1 aliphatic heterocycles. The summed E-state index contributed by atoms with van der Waals surface area (Å²) in [6.07, 6.45) is -1.10. The van der Waals surface area contributed by atoms with Crippen LogP contribution < -0.4 is 10.2 Å². The molecule has 1 saturated heterocycles. The van der Waals surface area contributed by atoms with Crippen LogP contribution in [0.1, 0.15) is 68.1 Å². The van der Waals surface area contributed by atoms with Crippen LogP contribution in [0.3, 0.4) is 0 Å². The van der Waals surface area contributed by atoms with E-state index in [4.69, 9.17) is 9.47 Å². The largest absolute Gasteiger partial charge is 0.493 e. The van der Waals surface area contributed by atoms with Gasteiger partial charge in [-0.1, -0.05) is 20.8 Å². The Bertz CT molecular complexity index is 1320. The van der Waals surface area contributed by atoms with Crippen molar-refractivity contribution < 1.29 is 35.9 Å². The first kappa shape index (κ1) is 29.9. The monoisotopic (exact) mass is 559 g/mol. The molecule has 8 nitrogen and oxygen atoms in total. The maximum absolute atomic E-state index is 13.5. The van der Waals surface area contributed by atoms with Crippen LogP contribution in [0.5, 0.6) is 5.75 Å². The molecule has 1 amide bonds. The zero-order valence-electron chi connectivity index (χ0n) is 22.5. The number of unbranched alkanes of at least 4 members (excludes halogenated alkanes) is 1. The number of hydrogen-bond acceptors (Lipinski definition) is 5. The van der Waals surface area contributed by atoms with Crippen LogP contribution in [0.25, 0.3) is 0 Å². The van der Waals surface area contributed by atoms with Gasteiger partial charge in [-0.15, -0.1) is 0 Å². The van der Waals surface area contributed by atoms with Gasteiger partial charge >= 0.3 is 6.18 Å². The molecule has 0 aliphatic carbocycles. The van der Waals surface area contributed by atoms with E-state index in [0.717, 1.165) is 43.0 Å². The minimum absolute atomic E-state index is 0.0285. The van der Waals surface area contributed by atoms with Crippen molar-refractivity contribution in [1.82, 2.24) is 9.36 Å². The smallest absolute Gasteiger partial charge is 0.416 e. The van der Waals surface area contributed by atoms with E-state index in [-0.39, 0.29) is 35.2 Å². The minimum Gasteiger partial charge on any atom is -0.493 e. The molecule has 0 N–H and O–H groups in total. The fourth-order valence-corrected chi connectivity index (χ4v) is 5.10. The van der Waals surface area contributed by atoms with E-state index in [1.54, 1.807) is 6.07 Å². The second-order valence-electron chi connectivity index (χ2n) is 10.7. The summed E-state index contributed by atoms with van der Waals surface area (Å²) in [7, 11) is -1.28. The van der Waals surface area contributed by atoms with E-state index >= 15 is 0 Å². The quantitative estimate of drug-likeness (QED) is 0.428. The zero-order chi connectivity index (χ0) is 28.3. The third-order valence-electron chi connectivity index (χ3n) is 6.33. The van der Waals surface area contributed by atoms with Crippen LogP contribution in [0.2, 0.25) is 0 Å². The second-order valence-corrected chi connectivity index (χ2v) is 12.9. The Hall–Kier alpha value is -2.60. The van der Waals surface area contributed by atoms with Gasteiger partial charge in [-0.3, -0.25) is 14.2 Å². The van der Waals surface area contributed by atoms with Crippen LogP contribution >= 0.6 is 0 Å². The Morgan fingerprint density at radius 3 is 2.47 bits per heavy atom. The summed E-state index contributed by atoms with van der Waals surface area (Å²) in [6, 6.07) is 4.47. The maximum atomic E-state index is 13.5. The highest BCUT2D eigenvalue weighted by Gasteiger charge is 2.32. The molecule has 2 aromatic rings. The molecule has 0 saturated carbocycles. The predicted molar refractivity (Wildman–Crippen MR) is 137 cm³/mol. The summed E-state index contributed by atoms with van der Waals surface area (Å²) >= 11 is 0. The van der Waals surface area contributed by atoms with E-state index < -0.39 is 27.5 Å². The molecular formula is C26H36F3N3O5S. The number of benzene rings is 1. The molecule has 3 rings (SSSR count). The normalized spacial score (nSPS) is 17.3. The highest BCUT2D eigenvalue weighted by atomic mass is 32.2. The van der Waals surface area contributed by atoms with Crippen LogP contribution in [0, 0.1) is 0 Å². The summed E-state index contributed by atoms with van der Waals surface area (Å²) in [5, 5.41) is 0. The van der Waals surface area contributed by atoms with Crippen molar-refractivity contribution >= 4 is 15.7 Å². The molecule has 1 aromatic carbocycles. The minimum atomic E-state index is -4.66. The number of rotatable bonds is 9. The Balaban J connectivity index is 1.98. The lowest BCUT2D eigenvalue weighted by atomic mass is 9.92. The van der Waals surface area contributed by atoms with Gasteiger partial charge in [0.25, 0.3) is 5.91 Å². The molecule has 0 radical (unpaired) electrons. The second kappa shape index (κ2) is 11.6. The lowest BCUT2D eigenvalue weighted by Gasteiger charge is -2.21. The van der Waals surface area contributed by atoms with E-state index in [1.807, 2.05) is 37.2 Å².